The Morgan fingerprint density at radius 1 is 1.16 bits per heavy atom. The van der Waals surface area contributed by atoms with Gasteiger partial charge in [0, 0.05) is 12.5 Å². The monoisotopic (exact) mass is 540 g/mol. The van der Waals surface area contributed by atoms with Crippen molar-refractivity contribution in [3.63, 3.8) is 0 Å². The van der Waals surface area contributed by atoms with E-state index in [4.69, 9.17) is 23.7 Å². The molecule has 13 heteroatoms. The van der Waals surface area contributed by atoms with Crippen LogP contribution in [0.2, 0.25) is 0 Å². The number of carbonyl (C=O) groups excluding carboxylic acids is 1. The van der Waals surface area contributed by atoms with E-state index in [1.165, 1.54) is 38.3 Å². The summed E-state index contributed by atoms with van der Waals surface area (Å²) in [6, 6.07) is 4.44. The third kappa shape index (κ3) is 5.11. The van der Waals surface area contributed by atoms with Crippen molar-refractivity contribution in [3.8, 4) is 11.5 Å². The number of esters is 1. The first-order valence-electron chi connectivity index (χ1n) is 11.9. The normalized spacial score (nSPS) is 40.5. The number of phenols is 1. The van der Waals surface area contributed by atoms with E-state index in [-0.39, 0.29) is 17.9 Å². The molecule has 38 heavy (non-hydrogen) atoms. The van der Waals surface area contributed by atoms with Crippen molar-refractivity contribution in [1.82, 2.24) is 0 Å². The summed E-state index contributed by atoms with van der Waals surface area (Å²) in [6.07, 6.45) is -6.16. The summed E-state index contributed by atoms with van der Waals surface area (Å²) in [7, 11) is 1.38. The fourth-order valence-electron chi connectivity index (χ4n) is 5.15. The summed E-state index contributed by atoms with van der Waals surface area (Å²) in [5.41, 5.74) is -2.98. The van der Waals surface area contributed by atoms with Crippen LogP contribution in [0.1, 0.15) is 18.9 Å². The molecule has 1 saturated carbocycles. The van der Waals surface area contributed by atoms with Gasteiger partial charge < -0.3 is 59.4 Å². The van der Waals surface area contributed by atoms with Gasteiger partial charge >= 0.3 is 5.97 Å². The lowest BCUT2D eigenvalue weighted by molar-refractivity contribution is -0.351. The van der Waals surface area contributed by atoms with E-state index in [2.05, 4.69) is 0 Å². The quantitative estimate of drug-likeness (QED) is 0.156. The lowest BCUT2D eigenvalue weighted by atomic mass is 9.81. The number of aliphatic hydroxyl groups is 6. The van der Waals surface area contributed by atoms with Crippen molar-refractivity contribution in [1.29, 1.82) is 0 Å². The summed E-state index contributed by atoms with van der Waals surface area (Å²) < 4.78 is 27.3. The van der Waals surface area contributed by atoms with E-state index in [0.717, 1.165) is 12.3 Å². The van der Waals surface area contributed by atoms with Crippen LogP contribution in [0.15, 0.2) is 36.6 Å². The predicted molar refractivity (Wildman–Crippen MR) is 126 cm³/mol. The minimum atomic E-state index is -1.96. The number of hydrogen-bond acceptors (Lipinski definition) is 13. The number of fused-ring (bicyclic) bond motifs is 1. The molecule has 0 bridgehead atoms. The number of benzene rings is 1. The number of aromatic hydroxyl groups is 1. The number of rotatable bonds is 7. The second kappa shape index (κ2) is 10.8. The van der Waals surface area contributed by atoms with Gasteiger partial charge in [0.05, 0.1) is 32.0 Å². The van der Waals surface area contributed by atoms with Crippen molar-refractivity contribution in [2.75, 3.05) is 13.7 Å². The number of carbonyl (C=O) groups is 1. The maximum Gasteiger partial charge on any atom is 0.331 e. The Morgan fingerprint density at radius 2 is 1.89 bits per heavy atom. The molecule has 0 unspecified atom stereocenters. The van der Waals surface area contributed by atoms with Gasteiger partial charge in [0.25, 0.3) is 0 Å². The maximum absolute atomic E-state index is 12.8. The van der Waals surface area contributed by atoms with Crippen molar-refractivity contribution in [2.45, 2.75) is 67.6 Å². The molecular weight excluding hydrogens is 508 g/mol. The number of phenolic OH excluding ortho intramolecular Hbond substituents is 1. The van der Waals surface area contributed by atoms with Crippen LogP contribution in [0.3, 0.4) is 0 Å². The predicted octanol–water partition coefficient (Wildman–Crippen LogP) is -1.49. The lowest BCUT2D eigenvalue weighted by Gasteiger charge is -2.45. The van der Waals surface area contributed by atoms with Gasteiger partial charge in [0.1, 0.15) is 35.6 Å². The summed E-state index contributed by atoms with van der Waals surface area (Å²) in [5.74, 6) is -1.92. The molecular formula is C25H32O13. The molecule has 0 amide bonds. The Balaban J connectivity index is 1.54. The van der Waals surface area contributed by atoms with E-state index in [9.17, 15) is 40.5 Å². The van der Waals surface area contributed by atoms with Crippen LogP contribution in [0.5, 0.6) is 11.5 Å². The van der Waals surface area contributed by atoms with Crippen LogP contribution in [0, 0.1) is 5.92 Å². The van der Waals surface area contributed by atoms with E-state index in [0.29, 0.717) is 5.56 Å². The zero-order valence-corrected chi connectivity index (χ0v) is 20.7. The van der Waals surface area contributed by atoms with Gasteiger partial charge in [-0.15, -0.1) is 0 Å². The van der Waals surface area contributed by atoms with Crippen LogP contribution >= 0.6 is 0 Å². The molecule has 1 aromatic rings. The van der Waals surface area contributed by atoms with E-state index in [1.807, 2.05) is 0 Å². The molecule has 13 nitrogen and oxygen atoms in total. The van der Waals surface area contributed by atoms with Crippen LogP contribution in [-0.2, 0) is 23.7 Å². The standard InChI is InChI=1S/C25H32O13/c1-24(38-17(29)6-4-12-3-5-13(27)14(9-12)34-2)10-16(28)25(33)7-8-35-23(21(24)25)37-22-20(32)19(31)18(30)15(11-26)36-22/h3-9,15-16,18-23,26-28,30-33H,10-11H2,1-2H3/b6-4+/t15-,16+,18-,19+,20-,21+,22+,23+,24+,25+/m0/s1. The largest absolute Gasteiger partial charge is 0.504 e. The van der Waals surface area contributed by atoms with Crippen LogP contribution in [0.4, 0.5) is 0 Å². The molecule has 1 aliphatic carbocycles. The van der Waals surface area contributed by atoms with Crippen molar-refractivity contribution in [3.05, 3.63) is 42.2 Å². The average Bonchev–Trinajstić information content (AvgIpc) is 3.08. The summed E-state index contributed by atoms with van der Waals surface area (Å²) in [5, 5.41) is 71.7. The molecule has 0 radical (unpaired) electrons. The number of ether oxygens (including phenoxy) is 5. The zero-order valence-electron chi connectivity index (χ0n) is 20.7. The molecule has 3 aliphatic rings. The second-order valence-corrected chi connectivity index (χ2v) is 9.72. The van der Waals surface area contributed by atoms with Gasteiger partial charge in [-0.1, -0.05) is 6.07 Å². The highest BCUT2D eigenvalue weighted by Gasteiger charge is 2.66. The zero-order chi connectivity index (χ0) is 27.8. The minimum absolute atomic E-state index is 0.0743. The third-order valence-corrected chi connectivity index (χ3v) is 7.17. The summed E-state index contributed by atoms with van der Waals surface area (Å²) >= 11 is 0. The number of hydrogen-bond donors (Lipinski definition) is 7. The van der Waals surface area contributed by atoms with E-state index >= 15 is 0 Å². The first-order chi connectivity index (χ1) is 17.9. The van der Waals surface area contributed by atoms with Gasteiger partial charge in [-0.05, 0) is 36.8 Å². The molecule has 1 aromatic carbocycles. The molecule has 2 heterocycles. The Kier molecular flexibility index (Phi) is 8.02. The second-order valence-electron chi connectivity index (χ2n) is 9.72. The fourth-order valence-corrected chi connectivity index (χ4v) is 5.15. The molecule has 0 aromatic heterocycles. The van der Waals surface area contributed by atoms with Crippen LogP contribution < -0.4 is 4.74 Å². The van der Waals surface area contributed by atoms with Crippen LogP contribution in [0.25, 0.3) is 6.08 Å². The first-order valence-corrected chi connectivity index (χ1v) is 11.9. The topological polar surface area (TPSA) is 205 Å². The number of methoxy groups -OCH3 is 1. The number of aliphatic hydroxyl groups excluding tert-OH is 5. The van der Waals surface area contributed by atoms with Crippen molar-refractivity contribution in [2.24, 2.45) is 5.92 Å². The Labute approximate surface area is 217 Å². The smallest absolute Gasteiger partial charge is 0.331 e. The minimum Gasteiger partial charge on any atom is -0.504 e. The Bertz CT molecular complexity index is 1070. The maximum atomic E-state index is 12.8. The lowest BCUT2D eigenvalue weighted by Crippen LogP contribution is -2.62. The molecule has 7 N–H and O–H groups in total. The van der Waals surface area contributed by atoms with Gasteiger partial charge in [0.15, 0.2) is 17.8 Å². The highest BCUT2D eigenvalue weighted by atomic mass is 16.8. The molecule has 4 rings (SSSR count). The molecule has 2 fully saturated rings. The molecule has 0 spiro atoms. The van der Waals surface area contributed by atoms with Gasteiger partial charge in [-0.25, -0.2) is 4.79 Å². The van der Waals surface area contributed by atoms with Gasteiger partial charge in [-0.3, -0.25) is 0 Å². The molecule has 2 aliphatic heterocycles. The average molecular weight is 541 g/mol. The highest BCUT2D eigenvalue weighted by molar-refractivity contribution is 5.87. The highest BCUT2D eigenvalue weighted by Crippen LogP contribution is 2.51. The fraction of sp³-hybridized carbons (Fsp3) is 0.560. The van der Waals surface area contributed by atoms with Crippen molar-refractivity contribution < 1.29 is 64.2 Å². The van der Waals surface area contributed by atoms with Crippen molar-refractivity contribution >= 4 is 12.0 Å². The molecule has 10 atom stereocenters. The molecule has 1 saturated heterocycles. The SMILES string of the molecule is COc1cc(/C=C/C(=O)O[C@]2(C)C[C@@H](O)[C@]3(O)C=CO[C@H](O[C@H]4O[C@@H](CO)[C@H](O)[C@@H](O)[C@@H]4O)[C@@H]32)ccc1O. The van der Waals surface area contributed by atoms with Crippen LogP contribution in [-0.4, -0.2) is 110 Å². The van der Waals surface area contributed by atoms with Gasteiger partial charge in [-0.2, -0.15) is 0 Å². The Hall–Kier alpha value is -2.75. The molecule has 210 valence electrons. The summed E-state index contributed by atoms with van der Waals surface area (Å²) in [6.45, 7) is 0.789. The summed E-state index contributed by atoms with van der Waals surface area (Å²) in [4.78, 5) is 12.8. The third-order valence-electron chi connectivity index (χ3n) is 7.17. The Morgan fingerprint density at radius 3 is 2.58 bits per heavy atom. The van der Waals surface area contributed by atoms with E-state index < -0.39 is 72.8 Å². The van der Waals surface area contributed by atoms with Gasteiger partial charge in [0.2, 0.25) is 6.29 Å². The first kappa shape index (κ1) is 28.3. The van der Waals surface area contributed by atoms with E-state index in [1.54, 1.807) is 6.07 Å².